The lowest BCUT2D eigenvalue weighted by Crippen LogP contribution is -2.45. The van der Waals surface area contributed by atoms with E-state index in [1.165, 1.54) is 12.1 Å². The molecule has 124 valence electrons. The van der Waals surface area contributed by atoms with Crippen LogP contribution in [-0.2, 0) is 11.3 Å². The summed E-state index contributed by atoms with van der Waals surface area (Å²) in [5, 5.41) is 0. The molecule has 0 atom stereocenters. The number of halogens is 2. The van der Waals surface area contributed by atoms with Gasteiger partial charge >= 0.3 is 0 Å². The van der Waals surface area contributed by atoms with Gasteiger partial charge in [0.2, 0.25) is 0 Å². The Bertz CT molecular complexity index is 463. The second-order valence-electron chi connectivity index (χ2n) is 5.20. The molecule has 5 nitrogen and oxygen atoms in total. The normalized spacial score (nSPS) is 15.8. The Morgan fingerprint density at radius 1 is 1.32 bits per heavy atom. The third-order valence-electron chi connectivity index (χ3n) is 3.46. The van der Waals surface area contributed by atoms with Crippen LogP contribution in [0.3, 0.4) is 0 Å². The molecule has 1 aromatic carbocycles. The number of morpholine rings is 1. The van der Waals surface area contributed by atoms with Crippen LogP contribution >= 0.6 is 24.0 Å². The van der Waals surface area contributed by atoms with Gasteiger partial charge in [-0.3, -0.25) is 4.99 Å². The molecule has 0 spiro atoms. The van der Waals surface area contributed by atoms with Gasteiger partial charge < -0.3 is 20.3 Å². The van der Waals surface area contributed by atoms with E-state index < -0.39 is 0 Å². The Kier molecular flexibility index (Phi) is 8.66. The first-order chi connectivity index (χ1) is 10.1. The SMILES string of the molecule is CN(CCN=C(N)N1CCOCC1)Cc1ccc(F)cc1.I. The quantitative estimate of drug-likeness (QED) is 0.444. The van der Waals surface area contributed by atoms with E-state index in [4.69, 9.17) is 10.5 Å². The highest BCUT2D eigenvalue weighted by Gasteiger charge is 2.11. The van der Waals surface area contributed by atoms with Crippen LogP contribution in [0.2, 0.25) is 0 Å². The lowest BCUT2D eigenvalue weighted by molar-refractivity contribution is 0.0674. The Morgan fingerprint density at radius 3 is 2.59 bits per heavy atom. The number of rotatable bonds is 5. The van der Waals surface area contributed by atoms with Crippen LogP contribution < -0.4 is 5.73 Å². The molecule has 7 heteroatoms. The van der Waals surface area contributed by atoms with Gasteiger partial charge in [0.05, 0.1) is 19.8 Å². The molecule has 0 bridgehead atoms. The van der Waals surface area contributed by atoms with Crippen LogP contribution in [0.15, 0.2) is 29.3 Å². The molecule has 1 heterocycles. The Labute approximate surface area is 148 Å². The summed E-state index contributed by atoms with van der Waals surface area (Å²) in [4.78, 5) is 8.59. The molecule has 1 fully saturated rings. The number of likely N-dealkylation sites (N-methyl/N-ethyl adjacent to an activating group) is 1. The van der Waals surface area contributed by atoms with Gasteiger partial charge in [-0.25, -0.2) is 4.39 Å². The van der Waals surface area contributed by atoms with E-state index in [1.807, 2.05) is 11.9 Å². The zero-order valence-electron chi connectivity index (χ0n) is 12.9. The number of guanidine groups is 1. The van der Waals surface area contributed by atoms with E-state index in [0.29, 0.717) is 25.7 Å². The predicted octanol–water partition coefficient (Wildman–Crippen LogP) is 1.52. The second-order valence-corrected chi connectivity index (χ2v) is 5.20. The maximum atomic E-state index is 12.8. The third kappa shape index (κ3) is 6.45. The summed E-state index contributed by atoms with van der Waals surface area (Å²) in [7, 11) is 2.02. The predicted molar refractivity (Wildman–Crippen MR) is 97.0 cm³/mol. The zero-order valence-corrected chi connectivity index (χ0v) is 15.2. The van der Waals surface area contributed by atoms with Crippen LogP contribution in [0.25, 0.3) is 0 Å². The highest BCUT2D eigenvalue weighted by Crippen LogP contribution is 2.05. The summed E-state index contributed by atoms with van der Waals surface area (Å²) < 4.78 is 18.1. The van der Waals surface area contributed by atoms with Gasteiger partial charge in [0, 0.05) is 26.2 Å². The standard InChI is InChI=1S/C15H23FN4O.HI/c1-19(12-13-2-4-14(16)5-3-13)7-6-18-15(17)20-8-10-21-11-9-20;/h2-5H,6-12H2,1H3,(H2,17,18);1H. The maximum absolute atomic E-state index is 12.8. The molecular formula is C15H24FIN4O. The van der Waals surface area contributed by atoms with Gasteiger partial charge in [0.15, 0.2) is 5.96 Å². The van der Waals surface area contributed by atoms with Crippen LogP contribution in [0.4, 0.5) is 4.39 Å². The van der Waals surface area contributed by atoms with E-state index in [1.54, 1.807) is 12.1 Å². The van der Waals surface area contributed by atoms with Crippen LogP contribution in [0.5, 0.6) is 0 Å². The molecule has 0 saturated carbocycles. The van der Waals surface area contributed by atoms with E-state index in [9.17, 15) is 4.39 Å². The van der Waals surface area contributed by atoms with Gasteiger partial charge in [-0.1, -0.05) is 12.1 Å². The van der Waals surface area contributed by atoms with Crippen molar-refractivity contribution in [3.05, 3.63) is 35.6 Å². The first-order valence-electron chi connectivity index (χ1n) is 7.21. The minimum atomic E-state index is -0.204. The fourth-order valence-corrected chi connectivity index (χ4v) is 2.21. The van der Waals surface area contributed by atoms with Crippen molar-refractivity contribution in [3.8, 4) is 0 Å². The van der Waals surface area contributed by atoms with E-state index >= 15 is 0 Å². The summed E-state index contributed by atoms with van der Waals surface area (Å²) >= 11 is 0. The van der Waals surface area contributed by atoms with Crippen LogP contribution in [0.1, 0.15) is 5.56 Å². The molecular weight excluding hydrogens is 398 g/mol. The molecule has 1 aliphatic rings. The largest absolute Gasteiger partial charge is 0.378 e. The number of aliphatic imine (C=N–C) groups is 1. The topological polar surface area (TPSA) is 54.1 Å². The molecule has 0 unspecified atom stereocenters. The second kappa shape index (κ2) is 9.96. The molecule has 0 amide bonds. The van der Waals surface area contributed by atoms with E-state index in [-0.39, 0.29) is 29.8 Å². The molecule has 22 heavy (non-hydrogen) atoms. The molecule has 0 radical (unpaired) electrons. The highest BCUT2D eigenvalue weighted by molar-refractivity contribution is 14.0. The monoisotopic (exact) mass is 422 g/mol. The first-order valence-corrected chi connectivity index (χ1v) is 7.21. The number of nitrogens with two attached hydrogens (primary N) is 1. The summed E-state index contributed by atoms with van der Waals surface area (Å²) in [6.45, 7) is 5.26. The van der Waals surface area contributed by atoms with Crippen molar-refractivity contribution in [1.29, 1.82) is 0 Å². The summed E-state index contributed by atoms with van der Waals surface area (Å²) in [6.07, 6.45) is 0. The lowest BCUT2D eigenvalue weighted by atomic mass is 10.2. The maximum Gasteiger partial charge on any atom is 0.191 e. The zero-order chi connectivity index (χ0) is 15.1. The molecule has 2 N–H and O–H groups in total. The van der Waals surface area contributed by atoms with Crippen LogP contribution in [-0.4, -0.2) is 62.2 Å². The fraction of sp³-hybridized carbons (Fsp3) is 0.533. The minimum Gasteiger partial charge on any atom is -0.378 e. The summed E-state index contributed by atoms with van der Waals surface area (Å²) in [5.41, 5.74) is 7.05. The number of hydrogen-bond donors (Lipinski definition) is 1. The van der Waals surface area contributed by atoms with Crippen molar-refractivity contribution in [2.24, 2.45) is 10.7 Å². The van der Waals surface area contributed by atoms with Gasteiger partial charge in [-0.15, -0.1) is 24.0 Å². The minimum absolute atomic E-state index is 0. The molecule has 1 saturated heterocycles. The highest BCUT2D eigenvalue weighted by atomic mass is 127. The van der Waals surface area contributed by atoms with Crippen molar-refractivity contribution >= 4 is 29.9 Å². The van der Waals surface area contributed by atoms with Crippen molar-refractivity contribution in [2.75, 3.05) is 46.4 Å². The number of hydrogen-bond acceptors (Lipinski definition) is 3. The van der Waals surface area contributed by atoms with Gasteiger partial charge in [-0.2, -0.15) is 0 Å². The molecule has 0 aromatic heterocycles. The first kappa shape index (κ1) is 19.1. The Balaban J connectivity index is 0.00000242. The number of ether oxygens (including phenoxy) is 1. The summed E-state index contributed by atoms with van der Waals surface area (Å²) in [6, 6.07) is 6.57. The molecule has 1 aliphatic heterocycles. The molecule has 0 aliphatic carbocycles. The van der Waals surface area contributed by atoms with Gasteiger partial charge in [0.25, 0.3) is 0 Å². The lowest BCUT2D eigenvalue weighted by Gasteiger charge is -2.27. The third-order valence-corrected chi connectivity index (χ3v) is 3.46. The average Bonchev–Trinajstić information content (AvgIpc) is 2.50. The van der Waals surface area contributed by atoms with E-state index in [2.05, 4.69) is 9.89 Å². The smallest absolute Gasteiger partial charge is 0.191 e. The van der Waals surface area contributed by atoms with Crippen molar-refractivity contribution < 1.29 is 9.13 Å². The molecule has 2 rings (SSSR count). The average molecular weight is 422 g/mol. The van der Waals surface area contributed by atoms with Gasteiger partial charge in [-0.05, 0) is 24.7 Å². The van der Waals surface area contributed by atoms with Crippen LogP contribution in [0, 0.1) is 5.82 Å². The van der Waals surface area contributed by atoms with Gasteiger partial charge in [0.1, 0.15) is 5.82 Å². The summed E-state index contributed by atoms with van der Waals surface area (Å²) in [5.74, 6) is 0.387. The van der Waals surface area contributed by atoms with Crippen molar-refractivity contribution in [2.45, 2.75) is 6.54 Å². The number of benzene rings is 1. The number of nitrogens with zero attached hydrogens (tertiary/aromatic N) is 3. The Morgan fingerprint density at radius 2 is 1.95 bits per heavy atom. The fourth-order valence-electron chi connectivity index (χ4n) is 2.21. The van der Waals surface area contributed by atoms with Crippen molar-refractivity contribution in [1.82, 2.24) is 9.80 Å². The van der Waals surface area contributed by atoms with Crippen molar-refractivity contribution in [3.63, 3.8) is 0 Å². The Hall–Kier alpha value is -0.930. The molecule has 1 aromatic rings. The van der Waals surface area contributed by atoms with E-state index in [0.717, 1.165) is 31.7 Å².